The lowest BCUT2D eigenvalue weighted by Gasteiger charge is -2.17. The van der Waals surface area contributed by atoms with Crippen LogP contribution in [-0.4, -0.2) is 23.2 Å². The van der Waals surface area contributed by atoms with E-state index >= 15 is 0 Å². The quantitative estimate of drug-likeness (QED) is 0.802. The lowest BCUT2D eigenvalue weighted by atomic mass is 10.2. The highest BCUT2D eigenvalue weighted by Gasteiger charge is 2.14. The summed E-state index contributed by atoms with van der Waals surface area (Å²) in [5.41, 5.74) is 1.78. The molecule has 0 amide bonds. The van der Waals surface area contributed by atoms with Gasteiger partial charge in [-0.15, -0.1) is 24.0 Å². The van der Waals surface area contributed by atoms with Gasteiger partial charge in [-0.1, -0.05) is 0 Å². The minimum absolute atomic E-state index is 0. The van der Waals surface area contributed by atoms with Crippen LogP contribution >= 0.6 is 24.0 Å². The van der Waals surface area contributed by atoms with E-state index in [9.17, 15) is 0 Å². The maximum Gasteiger partial charge on any atom is 0.163 e. The third-order valence-electron chi connectivity index (χ3n) is 2.32. The van der Waals surface area contributed by atoms with Crippen molar-refractivity contribution in [3.63, 3.8) is 0 Å². The molecule has 1 aliphatic rings. The monoisotopic (exact) mass is 260 g/mol. The number of imidazole rings is 1. The summed E-state index contributed by atoms with van der Waals surface area (Å²) in [7, 11) is 0. The number of hydrogen-bond acceptors (Lipinski definition) is 3. The summed E-state index contributed by atoms with van der Waals surface area (Å²) in [6.07, 6.45) is 0. The molecular weight excluding hydrogens is 251 g/mol. The smallest absolute Gasteiger partial charge is 0.163 e. The number of nitrogens with zero attached hydrogens (tertiary/aromatic N) is 1. The first-order chi connectivity index (χ1) is 7.36. The predicted octanol–water partition coefficient (Wildman–Crippen LogP) is 2.49. The predicted molar refractivity (Wildman–Crippen MR) is 63.9 cm³/mol. The van der Waals surface area contributed by atoms with Crippen molar-refractivity contribution >= 4 is 35.0 Å². The third-order valence-corrected chi connectivity index (χ3v) is 2.57. The van der Waals surface area contributed by atoms with Gasteiger partial charge in [0.05, 0.1) is 16.9 Å². The van der Waals surface area contributed by atoms with Crippen LogP contribution < -0.4 is 9.47 Å². The molecule has 0 spiro atoms. The van der Waals surface area contributed by atoms with E-state index in [0.29, 0.717) is 19.1 Å². The number of halogens is 2. The molecule has 0 bridgehead atoms. The summed E-state index contributed by atoms with van der Waals surface area (Å²) >= 11 is 5.70. The number of H-pyrrole nitrogens is 1. The van der Waals surface area contributed by atoms with E-state index in [1.807, 2.05) is 12.1 Å². The fourth-order valence-corrected chi connectivity index (χ4v) is 1.79. The SMILES string of the molecule is Cl.ClCc1nc2cc3c(cc2[nH]1)OCCO3. The minimum Gasteiger partial charge on any atom is -0.486 e. The second-order valence-corrected chi connectivity index (χ2v) is 3.60. The van der Waals surface area contributed by atoms with Crippen molar-refractivity contribution in [2.24, 2.45) is 0 Å². The van der Waals surface area contributed by atoms with E-state index in [0.717, 1.165) is 28.4 Å². The Balaban J connectivity index is 0.000000963. The van der Waals surface area contributed by atoms with Gasteiger partial charge in [-0.2, -0.15) is 0 Å². The summed E-state index contributed by atoms with van der Waals surface area (Å²) in [6.45, 7) is 1.18. The van der Waals surface area contributed by atoms with Gasteiger partial charge in [0.1, 0.15) is 19.0 Å². The number of alkyl halides is 1. The van der Waals surface area contributed by atoms with Crippen molar-refractivity contribution in [2.75, 3.05) is 13.2 Å². The van der Waals surface area contributed by atoms with E-state index in [-0.39, 0.29) is 12.4 Å². The summed E-state index contributed by atoms with van der Waals surface area (Å²) < 4.78 is 10.9. The molecule has 3 rings (SSSR count). The molecule has 4 nitrogen and oxygen atoms in total. The molecule has 1 N–H and O–H groups in total. The molecule has 0 aliphatic carbocycles. The van der Waals surface area contributed by atoms with Gasteiger partial charge in [0, 0.05) is 12.1 Å². The van der Waals surface area contributed by atoms with Gasteiger partial charge in [-0.05, 0) is 0 Å². The van der Waals surface area contributed by atoms with Crippen LogP contribution in [-0.2, 0) is 5.88 Å². The molecule has 1 aromatic heterocycles. The Hall–Kier alpha value is -1.13. The normalized spacial score (nSPS) is 13.6. The molecule has 0 saturated heterocycles. The fraction of sp³-hybridized carbons (Fsp3) is 0.300. The number of fused-ring (bicyclic) bond motifs is 2. The van der Waals surface area contributed by atoms with Crippen molar-refractivity contribution in [3.05, 3.63) is 18.0 Å². The van der Waals surface area contributed by atoms with Crippen LogP contribution in [0.3, 0.4) is 0 Å². The Labute approximate surface area is 103 Å². The number of ether oxygens (including phenoxy) is 2. The molecular formula is C10H10Cl2N2O2. The van der Waals surface area contributed by atoms with Gasteiger partial charge >= 0.3 is 0 Å². The lowest BCUT2D eigenvalue weighted by Crippen LogP contribution is -2.15. The fourth-order valence-electron chi connectivity index (χ4n) is 1.66. The van der Waals surface area contributed by atoms with Crippen LogP contribution in [0.2, 0.25) is 0 Å². The number of aromatic amines is 1. The molecule has 0 radical (unpaired) electrons. The van der Waals surface area contributed by atoms with E-state index < -0.39 is 0 Å². The second-order valence-electron chi connectivity index (χ2n) is 3.33. The number of benzene rings is 1. The van der Waals surface area contributed by atoms with Crippen LogP contribution in [0.4, 0.5) is 0 Å². The minimum atomic E-state index is 0. The van der Waals surface area contributed by atoms with Crippen molar-refractivity contribution in [1.82, 2.24) is 9.97 Å². The number of aromatic nitrogens is 2. The zero-order valence-electron chi connectivity index (χ0n) is 8.33. The van der Waals surface area contributed by atoms with E-state index in [1.54, 1.807) is 0 Å². The molecule has 2 heterocycles. The van der Waals surface area contributed by atoms with Crippen molar-refractivity contribution in [2.45, 2.75) is 5.88 Å². The highest BCUT2D eigenvalue weighted by atomic mass is 35.5. The molecule has 6 heteroatoms. The van der Waals surface area contributed by atoms with Crippen LogP contribution in [0, 0.1) is 0 Å². The average molecular weight is 261 g/mol. The molecule has 0 atom stereocenters. The molecule has 0 fully saturated rings. The molecule has 1 aromatic carbocycles. The Kier molecular flexibility index (Phi) is 3.12. The maximum atomic E-state index is 5.70. The van der Waals surface area contributed by atoms with Gasteiger partial charge in [0.2, 0.25) is 0 Å². The van der Waals surface area contributed by atoms with Crippen LogP contribution in [0.1, 0.15) is 5.82 Å². The van der Waals surface area contributed by atoms with Gasteiger partial charge in [-0.3, -0.25) is 0 Å². The zero-order chi connectivity index (χ0) is 10.3. The standard InChI is InChI=1S/C10H9ClN2O2.ClH/c11-5-10-12-6-3-8-9(4-7(6)13-10)15-2-1-14-8;/h3-4H,1-2,5H2,(H,12,13);1H. The summed E-state index contributed by atoms with van der Waals surface area (Å²) in [6, 6.07) is 3.77. The van der Waals surface area contributed by atoms with Gasteiger partial charge < -0.3 is 14.5 Å². The number of rotatable bonds is 1. The van der Waals surface area contributed by atoms with Crippen LogP contribution in [0.15, 0.2) is 12.1 Å². The molecule has 1 aliphatic heterocycles. The third kappa shape index (κ3) is 1.79. The van der Waals surface area contributed by atoms with Crippen molar-refractivity contribution in [1.29, 1.82) is 0 Å². The van der Waals surface area contributed by atoms with Gasteiger partial charge in [0.25, 0.3) is 0 Å². The molecule has 0 unspecified atom stereocenters. The topological polar surface area (TPSA) is 47.1 Å². The largest absolute Gasteiger partial charge is 0.486 e. The summed E-state index contributed by atoms with van der Waals surface area (Å²) in [5.74, 6) is 2.65. The Morgan fingerprint density at radius 3 is 2.62 bits per heavy atom. The molecule has 2 aromatic rings. The first-order valence-electron chi connectivity index (χ1n) is 4.71. The van der Waals surface area contributed by atoms with Crippen LogP contribution in [0.25, 0.3) is 11.0 Å². The second kappa shape index (κ2) is 4.39. The van der Waals surface area contributed by atoms with E-state index in [2.05, 4.69) is 9.97 Å². The van der Waals surface area contributed by atoms with Crippen LogP contribution in [0.5, 0.6) is 11.5 Å². The Morgan fingerprint density at radius 2 is 1.94 bits per heavy atom. The van der Waals surface area contributed by atoms with Gasteiger partial charge in [-0.25, -0.2) is 4.98 Å². The Bertz CT molecular complexity index is 470. The maximum absolute atomic E-state index is 5.70. The highest BCUT2D eigenvalue weighted by Crippen LogP contribution is 2.33. The van der Waals surface area contributed by atoms with Crippen molar-refractivity contribution in [3.8, 4) is 11.5 Å². The van der Waals surface area contributed by atoms with E-state index in [1.165, 1.54) is 0 Å². The summed E-state index contributed by atoms with van der Waals surface area (Å²) in [4.78, 5) is 7.43. The van der Waals surface area contributed by atoms with Gasteiger partial charge in [0.15, 0.2) is 11.5 Å². The Morgan fingerprint density at radius 1 is 1.25 bits per heavy atom. The first kappa shape index (κ1) is 11.4. The molecule has 16 heavy (non-hydrogen) atoms. The first-order valence-corrected chi connectivity index (χ1v) is 5.24. The van der Waals surface area contributed by atoms with E-state index in [4.69, 9.17) is 21.1 Å². The molecule has 86 valence electrons. The lowest BCUT2D eigenvalue weighted by molar-refractivity contribution is 0.172. The van der Waals surface area contributed by atoms with Crippen molar-refractivity contribution < 1.29 is 9.47 Å². The highest BCUT2D eigenvalue weighted by molar-refractivity contribution is 6.16. The number of hydrogen-bond donors (Lipinski definition) is 1. The summed E-state index contributed by atoms with van der Waals surface area (Å²) in [5, 5.41) is 0. The number of nitrogens with one attached hydrogen (secondary N) is 1. The average Bonchev–Trinajstić information content (AvgIpc) is 2.67. The molecule has 0 saturated carbocycles. The zero-order valence-corrected chi connectivity index (χ0v) is 9.90.